The van der Waals surface area contributed by atoms with Crippen molar-refractivity contribution < 1.29 is 4.79 Å². The van der Waals surface area contributed by atoms with E-state index < -0.39 is 0 Å². The van der Waals surface area contributed by atoms with Gasteiger partial charge in [-0.2, -0.15) is 0 Å². The van der Waals surface area contributed by atoms with Crippen LogP contribution in [0.5, 0.6) is 0 Å². The summed E-state index contributed by atoms with van der Waals surface area (Å²) in [6, 6.07) is 6.33. The monoisotopic (exact) mass is 339 g/mol. The number of anilines is 1. The molecule has 0 saturated carbocycles. The van der Waals surface area contributed by atoms with E-state index >= 15 is 0 Å². The third-order valence-corrected chi connectivity index (χ3v) is 4.21. The largest absolute Gasteiger partial charge is 0.370 e. The number of carbonyl (C=O) groups excluding carboxylic acids is 1. The van der Waals surface area contributed by atoms with Gasteiger partial charge in [-0.25, -0.2) is 0 Å². The molecule has 1 fully saturated rings. The normalized spacial score (nSPS) is 18.5. The molecule has 1 unspecified atom stereocenters. The molecule has 1 saturated heterocycles. The van der Waals surface area contributed by atoms with Crippen LogP contribution in [0.15, 0.2) is 22.7 Å². The van der Waals surface area contributed by atoms with Crippen molar-refractivity contribution in [2.24, 2.45) is 11.7 Å². The molecule has 1 amide bonds. The summed E-state index contributed by atoms with van der Waals surface area (Å²) in [5, 5.41) is 3.44. The van der Waals surface area contributed by atoms with Crippen LogP contribution in [-0.2, 0) is 11.3 Å². The molecule has 0 radical (unpaired) electrons. The van der Waals surface area contributed by atoms with Gasteiger partial charge in [-0.1, -0.05) is 28.9 Å². The molecule has 1 atom stereocenters. The average molecular weight is 340 g/mol. The van der Waals surface area contributed by atoms with Crippen molar-refractivity contribution in [1.29, 1.82) is 0 Å². The molecule has 4 nitrogen and oxygen atoms in total. The molecule has 0 aliphatic carbocycles. The predicted molar refractivity (Wildman–Crippen MR) is 85.7 cm³/mol. The zero-order valence-electron chi connectivity index (χ0n) is 11.9. The Morgan fingerprint density at radius 2 is 2.35 bits per heavy atom. The molecule has 1 aliphatic rings. The number of benzene rings is 1. The molecule has 5 heteroatoms. The summed E-state index contributed by atoms with van der Waals surface area (Å²) in [6.07, 6.45) is 1.98. The van der Waals surface area contributed by atoms with E-state index in [2.05, 4.69) is 51.3 Å². The van der Waals surface area contributed by atoms with Crippen LogP contribution in [0, 0.1) is 5.92 Å². The lowest BCUT2D eigenvalue weighted by atomic mass is 10.1. The number of carbonyl (C=O) groups is 1. The summed E-state index contributed by atoms with van der Waals surface area (Å²) in [4.78, 5) is 13.6. The molecule has 1 aliphatic heterocycles. The summed E-state index contributed by atoms with van der Waals surface area (Å²) >= 11 is 3.53. The first kappa shape index (κ1) is 15.3. The van der Waals surface area contributed by atoms with Crippen molar-refractivity contribution in [2.75, 3.05) is 24.5 Å². The van der Waals surface area contributed by atoms with Gasteiger partial charge in [0.2, 0.25) is 5.91 Å². The lowest BCUT2D eigenvalue weighted by molar-refractivity contribution is -0.121. The second kappa shape index (κ2) is 7.09. The topological polar surface area (TPSA) is 58.4 Å². The van der Waals surface area contributed by atoms with E-state index in [9.17, 15) is 4.79 Å². The van der Waals surface area contributed by atoms with E-state index in [1.165, 1.54) is 11.3 Å². The summed E-state index contributed by atoms with van der Waals surface area (Å²) in [6.45, 7) is 5.65. The van der Waals surface area contributed by atoms with E-state index in [4.69, 9.17) is 5.73 Å². The lowest BCUT2D eigenvalue weighted by Gasteiger charge is -2.22. The average Bonchev–Trinajstić information content (AvgIpc) is 2.90. The van der Waals surface area contributed by atoms with Gasteiger partial charge < -0.3 is 16.0 Å². The van der Waals surface area contributed by atoms with E-state index in [0.29, 0.717) is 0 Å². The van der Waals surface area contributed by atoms with Crippen molar-refractivity contribution >= 4 is 27.5 Å². The van der Waals surface area contributed by atoms with Crippen LogP contribution in [0.25, 0.3) is 0 Å². The van der Waals surface area contributed by atoms with Gasteiger partial charge in [0.25, 0.3) is 0 Å². The van der Waals surface area contributed by atoms with E-state index in [1.807, 2.05) is 0 Å². The quantitative estimate of drug-likeness (QED) is 0.781. The highest BCUT2D eigenvalue weighted by atomic mass is 79.9. The first-order chi connectivity index (χ1) is 9.61. The maximum Gasteiger partial charge on any atom is 0.222 e. The number of primary amides is 1. The minimum Gasteiger partial charge on any atom is -0.370 e. The Bertz CT molecular complexity index is 478. The Morgan fingerprint density at radius 1 is 1.55 bits per heavy atom. The van der Waals surface area contributed by atoms with E-state index in [-0.39, 0.29) is 11.8 Å². The highest BCUT2D eigenvalue weighted by molar-refractivity contribution is 9.10. The Hall–Kier alpha value is -1.07. The minimum absolute atomic E-state index is 0.0227. The van der Waals surface area contributed by atoms with Gasteiger partial charge in [-0.3, -0.25) is 4.79 Å². The second-order valence-corrected chi connectivity index (χ2v) is 6.20. The van der Waals surface area contributed by atoms with Crippen molar-refractivity contribution in [2.45, 2.75) is 26.3 Å². The van der Waals surface area contributed by atoms with Crippen LogP contribution >= 0.6 is 15.9 Å². The van der Waals surface area contributed by atoms with Crippen LogP contribution in [0.4, 0.5) is 5.69 Å². The number of nitrogens with two attached hydrogens (primary N) is 1. The molecule has 3 N–H and O–H groups in total. The number of halogens is 1. The summed E-state index contributed by atoms with van der Waals surface area (Å²) in [5.41, 5.74) is 7.89. The van der Waals surface area contributed by atoms with Crippen LogP contribution in [-0.4, -0.2) is 25.5 Å². The number of nitrogens with zero attached hydrogens (tertiary/aromatic N) is 1. The van der Waals surface area contributed by atoms with Gasteiger partial charge >= 0.3 is 0 Å². The molecule has 0 spiro atoms. The maximum atomic E-state index is 11.3. The predicted octanol–water partition coefficient (Wildman–Crippen LogP) is 2.26. The summed E-state index contributed by atoms with van der Waals surface area (Å²) in [7, 11) is 0. The smallest absolute Gasteiger partial charge is 0.222 e. The van der Waals surface area contributed by atoms with Gasteiger partial charge in [0.05, 0.1) is 5.92 Å². The number of hydrogen-bond acceptors (Lipinski definition) is 3. The fraction of sp³-hybridized carbons (Fsp3) is 0.533. The number of nitrogens with one attached hydrogen (secondary N) is 1. The molecular weight excluding hydrogens is 318 g/mol. The Kier molecular flexibility index (Phi) is 5.43. The van der Waals surface area contributed by atoms with E-state index in [0.717, 1.165) is 43.5 Å². The third-order valence-electron chi connectivity index (χ3n) is 3.72. The lowest BCUT2D eigenvalue weighted by Crippen LogP contribution is -2.28. The Labute approximate surface area is 128 Å². The van der Waals surface area contributed by atoms with Crippen molar-refractivity contribution in [1.82, 2.24) is 5.32 Å². The van der Waals surface area contributed by atoms with Crippen molar-refractivity contribution in [3.05, 3.63) is 28.2 Å². The molecule has 0 bridgehead atoms. The molecule has 1 aromatic rings. The zero-order valence-corrected chi connectivity index (χ0v) is 13.4. The third kappa shape index (κ3) is 3.73. The Balaban J connectivity index is 2.13. The number of rotatable bonds is 6. The number of amides is 1. The molecule has 1 heterocycles. The number of hydrogen-bond donors (Lipinski definition) is 2. The first-order valence-corrected chi connectivity index (χ1v) is 7.94. The van der Waals surface area contributed by atoms with Gasteiger partial charge in [0, 0.05) is 29.8 Å². The van der Waals surface area contributed by atoms with Crippen LogP contribution in [0.3, 0.4) is 0 Å². The molecule has 110 valence electrons. The SMILES string of the molecule is CCCNCc1ccc(Br)cc1N1CCC(C(N)=O)C1. The van der Waals surface area contributed by atoms with Gasteiger partial charge in [0.1, 0.15) is 0 Å². The van der Waals surface area contributed by atoms with Gasteiger partial charge in [-0.05, 0) is 37.1 Å². The standard InChI is InChI=1S/C15H22BrN3O/c1-2-6-18-9-11-3-4-13(16)8-14(11)19-7-5-12(10-19)15(17)20/h3-4,8,12,18H,2,5-7,9-10H2,1H3,(H2,17,20). The Morgan fingerprint density at radius 3 is 3.00 bits per heavy atom. The minimum atomic E-state index is -0.187. The van der Waals surface area contributed by atoms with Crippen LogP contribution in [0.2, 0.25) is 0 Å². The summed E-state index contributed by atoms with van der Waals surface area (Å²) < 4.78 is 1.06. The second-order valence-electron chi connectivity index (χ2n) is 5.28. The van der Waals surface area contributed by atoms with Crippen LogP contribution < -0.4 is 16.0 Å². The zero-order chi connectivity index (χ0) is 14.5. The highest BCUT2D eigenvalue weighted by Gasteiger charge is 2.27. The fourth-order valence-electron chi connectivity index (χ4n) is 2.59. The fourth-order valence-corrected chi connectivity index (χ4v) is 2.94. The van der Waals surface area contributed by atoms with Crippen LogP contribution in [0.1, 0.15) is 25.3 Å². The maximum absolute atomic E-state index is 11.3. The van der Waals surface area contributed by atoms with Gasteiger partial charge in [0.15, 0.2) is 0 Å². The van der Waals surface area contributed by atoms with Gasteiger partial charge in [-0.15, -0.1) is 0 Å². The molecule has 0 aromatic heterocycles. The molecule has 2 rings (SSSR count). The highest BCUT2D eigenvalue weighted by Crippen LogP contribution is 2.29. The van der Waals surface area contributed by atoms with Crippen molar-refractivity contribution in [3.63, 3.8) is 0 Å². The molecule has 1 aromatic carbocycles. The first-order valence-electron chi connectivity index (χ1n) is 7.15. The van der Waals surface area contributed by atoms with Crippen molar-refractivity contribution in [3.8, 4) is 0 Å². The molecule has 20 heavy (non-hydrogen) atoms. The van der Waals surface area contributed by atoms with E-state index in [1.54, 1.807) is 0 Å². The summed E-state index contributed by atoms with van der Waals surface area (Å²) in [5.74, 6) is -0.210. The molecular formula is C15H22BrN3O.